The molecule has 134 valence electrons. The van der Waals surface area contributed by atoms with Gasteiger partial charge in [0, 0.05) is 49.3 Å². The zero-order valence-electron chi connectivity index (χ0n) is 15.0. The molecule has 1 amide bonds. The van der Waals surface area contributed by atoms with Crippen molar-refractivity contribution in [2.45, 2.75) is 38.0 Å². The summed E-state index contributed by atoms with van der Waals surface area (Å²) in [5.41, 5.74) is 1.31. The molecule has 1 aromatic heterocycles. The first kappa shape index (κ1) is 19.1. The first-order chi connectivity index (χ1) is 11.4. The van der Waals surface area contributed by atoms with Crippen LogP contribution in [0.15, 0.2) is 16.4 Å². The number of carbonyl (C=O) groups excluding carboxylic acids is 1. The topological polar surface area (TPSA) is 56.7 Å². The lowest BCUT2D eigenvalue weighted by molar-refractivity contribution is -0.131. The number of hydrogen-bond donors (Lipinski definition) is 2. The highest BCUT2D eigenvalue weighted by molar-refractivity contribution is 7.99. The van der Waals surface area contributed by atoms with Crippen LogP contribution in [0.1, 0.15) is 30.7 Å². The van der Waals surface area contributed by atoms with Gasteiger partial charge in [-0.05, 0) is 43.5 Å². The second kappa shape index (κ2) is 8.76. The van der Waals surface area contributed by atoms with E-state index in [0.717, 1.165) is 32.0 Å². The molecule has 0 unspecified atom stereocenters. The first-order valence-corrected chi connectivity index (χ1v) is 10.4. The lowest BCUT2D eigenvalue weighted by Crippen LogP contribution is -2.44. The number of rotatable bonds is 6. The molecule has 2 heterocycles. The van der Waals surface area contributed by atoms with Gasteiger partial charge in [-0.1, -0.05) is 0 Å². The molecule has 2 rings (SSSR count). The smallest absolute Gasteiger partial charge is 0.224 e. The van der Waals surface area contributed by atoms with Crippen molar-refractivity contribution >= 4 is 35.0 Å². The first-order valence-electron chi connectivity index (χ1n) is 8.28. The van der Waals surface area contributed by atoms with Crippen LogP contribution in [0.3, 0.4) is 0 Å². The van der Waals surface area contributed by atoms with E-state index in [1.54, 1.807) is 18.4 Å². The maximum absolute atomic E-state index is 12.4. The van der Waals surface area contributed by atoms with Crippen LogP contribution in [0.4, 0.5) is 0 Å². The highest BCUT2D eigenvalue weighted by atomic mass is 32.2. The molecule has 1 aliphatic rings. The van der Waals surface area contributed by atoms with Crippen LogP contribution in [0.2, 0.25) is 0 Å². The third kappa shape index (κ3) is 5.41. The van der Waals surface area contributed by atoms with E-state index < -0.39 is 0 Å². The van der Waals surface area contributed by atoms with Crippen LogP contribution in [0, 0.1) is 0 Å². The van der Waals surface area contributed by atoms with Gasteiger partial charge in [0.1, 0.15) is 0 Å². The number of nitrogens with one attached hydrogen (secondary N) is 2. The summed E-state index contributed by atoms with van der Waals surface area (Å²) in [4.78, 5) is 20.0. The van der Waals surface area contributed by atoms with Crippen LogP contribution in [0.25, 0.3) is 0 Å². The van der Waals surface area contributed by atoms with Crippen molar-refractivity contribution in [1.29, 1.82) is 0 Å². The van der Waals surface area contributed by atoms with Gasteiger partial charge in [0.25, 0.3) is 0 Å². The quantitative estimate of drug-likeness (QED) is 0.598. The Morgan fingerprint density at radius 2 is 2.25 bits per heavy atom. The summed E-state index contributed by atoms with van der Waals surface area (Å²) in [7, 11) is 1.76. The zero-order valence-corrected chi connectivity index (χ0v) is 16.6. The summed E-state index contributed by atoms with van der Waals surface area (Å²) >= 11 is 3.61. The molecule has 1 aliphatic heterocycles. The molecule has 5 nitrogen and oxygen atoms in total. The molecule has 0 fully saturated rings. The fourth-order valence-electron chi connectivity index (χ4n) is 2.50. The Balaban J connectivity index is 1.72. The molecular weight excluding hydrogens is 340 g/mol. The van der Waals surface area contributed by atoms with E-state index in [4.69, 9.17) is 0 Å². The van der Waals surface area contributed by atoms with E-state index in [-0.39, 0.29) is 10.7 Å². The number of amides is 1. The summed E-state index contributed by atoms with van der Waals surface area (Å²) in [5, 5.41) is 8.67. The Morgan fingerprint density at radius 3 is 2.96 bits per heavy atom. The number of hydrogen-bond acceptors (Lipinski definition) is 4. The molecule has 0 spiro atoms. The third-order valence-electron chi connectivity index (χ3n) is 4.25. The number of carbonyl (C=O) groups is 1. The predicted molar refractivity (Wildman–Crippen MR) is 105 cm³/mol. The minimum absolute atomic E-state index is 0.152. The molecule has 7 heteroatoms. The Morgan fingerprint density at radius 1 is 1.46 bits per heavy atom. The maximum Gasteiger partial charge on any atom is 0.224 e. The highest BCUT2D eigenvalue weighted by Crippen LogP contribution is 2.24. The van der Waals surface area contributed by atoms with E-state index in [1.165, 1.54) is 10.4 Å². The van der Waals surface area contributed by atoms with E-state index >= 15 is 0 Å². The summed E-state index contributed by atoms with van der Waals surface area (Å²) in [5.74, 6) is 0.961. The summed E-state index contributed by atoms with van der Waals surface area (Å²) < 4.78 is 0.152. The Bertz CT molecular complexity index is 583. The van der Waals surface area contributed by atoms with E-state index in [1.807, 2.05) is 16.7 Å². The average Bonchev–Trinajstić information content (AvgIpc) is 3.05. The number of guanidine groups is 1. The largest absolute Gasteiger partial charge is 0.356 e. The second-order valence-corrected chi connectivity index (χ2v) is 9.01. The van der Waals surface area contributed by atoms with Crippen LogP contribution < -0.4 is 10.6 Å². The number of aliphatic imine (C=N–C) groups is 1. The second-order valence-electron chi connectivity index (χ2n) is 6.50. The SMILES string of the molecule is CN=C(NCCC(=O)N1CCc2sccc2C1)NCC(C)(C)SC. The average molecular weight is 369 g/mol. The van der Waals surface area contributed by atoms with Gasteiger partial charge >= 0.3 is 0 Å². The van der Waals surface area contributed by atoms with Gasteiger partial charge in [0.05, 0.1) is 0 Å². The number of fused-ring (bicyclic) bond motifs is 1. The van der Waals surface area contributed by atoms with E-state index in [0.29, 0.717) is 13.0 Å². The normalized spacial score (nSPS) is 15.2. The lowest BCUT2D eigenvalue weighted by atomic mass is 10.1. The summed E-state index contributed by atoms with van der Waals surface area (Å²) in [6.07, 6.45) is 3.58. The number of thiophene rings is 1. The van der Waals surface area contributed by atoms with Crippen molar-refractivity contribution < 1.29 is 4.79 Å². The molecule has 0 aliphatic carbocycles. The zero-order chi connectivity index (χ0) is 17.6. The standard InChI is InChI=1S/C17H28N4OS2/c1-17(2,23-4)12-20-16(18-3)19-8-5-15(22)21-9-6-14-13(11-21)7-10-24-14/h7,10H,5-6,8-9,11-12H2,1-4H3,(H2,18,19,20). The van der Waals surface area contributed by atoms with Gasteiger partial charge in [0.15, 0.2) is 5.96 Å². The number of thioether (sulfide) groups is 1. The molecule has 24 heavy (non-hydrogen) atoms. The van der Waals surface area contributed by atoms with Crippen LogP contribution in [-0.2, 0) is 17.8 Å². The van der Waals surface area contributed by atoms with Gasteiger partial charge < -0.3 is 15.5 Å². The lowest BCUT2D eigenvalue weighted by Gasteiger charge is -2.27. The minimum atomic E-state index is 0.152. The molecule has 0 radical (unpaired) electrons. The van der Waals surface area contributed by atoms with Crippen molar-refractivity contribution in [3.05, 3.63) is 21.9 Å². The highest BCUT2D eigenvalue weighted by Gasteiger charge is 2.21. The Hall–Kier alpha value is -1.21. The fraction of sp³-hybridized carbons (Fsp3) is 0.647. The summed E-state index contributed by atoms with van der Waals surface area (Å²) in [6.45, 7) is 7.40. The maximum atomic E-state index is 12.4. The van der Waals surface area contributed by atoms with Gasteiger partial charge in [-0.2, -0.15) is 11.8 Å². The minimum Gasteiger partial charge on any atom is -0.356 e. The van der Waals surface area contributed by atoms with Gasteiger partial charge in [0.2, 0.25) is 5.91 Å². The molecule has 0 saturated heterocycles. The molecule has 2 N–H and O–H groups in total. The number of nitrogens with zero attached hydrogens (tertiary/aromatic N) is 2. The van der Waals surface area contributed by atoms with Crippen molar-refractivity contribution in [1.82, 2.24) is 15.5 Å². The molecule has 0 saturated carbocycles. The van der Waals surface area contributed by atoms with Crippen molar-refractivity contribution in [2.24, 2.45) is 4.99 Å². The predicted octanol–water partition coefficient (Wildman–Crippen LogP) is 2.33. The Labute approximate surface area is 153 Å². The van der Waals surface area contributed by atoms with E-state index in [2.05, 4.69) is 47.2 Å². The molecule has 0 atom stereocenters. The van der Waals surface area contributed by atoms with Crippen LogP contribution >= 0.6 is 23.1 Å². The van der Waals surface area contributed by atoms with Crippen molar-refractivity contribution in [3.8, 4) is 0 Å². The fourth-order valence-corrected chi connectivity index (χ4v) is 3.60. The third-order valence-corrected chi connectivity index (χ3v) is 6.52. The molecular formula is C17H28N4OS2. The van der Waals surface area contributed by atoms with E-state index in [9.17, 15) is 4.79 Å². The monoisotopic (exact) mass is 368 g/mol. The molecule has 1 aromatic rings. The van der Waals surface area contributed by atoms with Gasteiger partial charge in [-0.15, -0.1) is 11.3 Å². The molecule has 0 bridgehead atoms. The Kier molecular flexibility index (Phi) is 6.98. The molecule has 0 aromatic carbocycles. The van der Waals surface area contributed by atoms with Gasteiger partial charge in [-0.25, -0.2) is 0 Å². The van der Waals surface area contributed by atoms with Crippen LogP contribution in [0.5, 0.6) is 0 Å². The van der Waals surface area contributed by atoms with Crippen molar-refractivity contribution in [2.75, 3.05) is 32.9 Å². The summed E-state index contributed by atoms with van der Waals surface area (Å²) in [6, 6.07) is 2.14. The van der Waals surface area contributed by atoms with Gasteiger partial charge in [-0.3, -0.25) is 9.79 Å². The van der Waals surface area contributed by atoms with Crippen molar-refractivity contribution in [3.63, 3.8) is 0 Å². The van der Waals surface area contributed by atoms with Crippen LogP contribution in [-0.4, -0.2) is 54.5 Å².